The van der Waals surface area contributed by atoms with E-state index in [-0.39, 0.29) is 18.2 Å². The van der Waals surface area contributed by atoms with Gasteiger partial charge in [0.05, 0.1) is 28.4 Å². The molecule has 7 nitrogen and oxygen atoms in total. The van der Waals surface area contributed by atoms with Crippen molar-refractivity contribution >= 4 is 16.8 Å². The van der Waals surface area contributed by atoms with Gasteiger partial charge in [-0.3, -0.25) is 4.79 Å². The molecule has 4 rings (SSSR count). The van der Waals surface area contributed by atoms with Crippen molar-refractivity contribution in [1.29, 1.82) is 0 Å². The number of nitrogens with one attached hydrogen (secondary N) is 2. The van der Waals surface area contributed by atoms with Gasteiger partial charge in [-0.05, 0) is 59.4 Å². The molecule has 0 fully saturated rings. The zero-order chi connectivity index (χ0) is 27.1. The number of aromatic nitrogens is 1. The second-order valence-electron chi connectivity index (χ2n) is 9.13. The summed E-state index contributed by atoms with van der Waals surface area (Å²) >= 11 is 0. The number of carbonyl (C=O) groups excluding carboxylic acids is 1. The molecule has 0 radical (unpaired) electrons. The van der Waals surface area contributed by atoms with Gasteiger partial charge in [0, 0.05) is 42.0 Å². The van der Waals surface area contributed by atoms with Crippen LogP contribution in [0.3, 0.4) is 0 Å². The monoisotopic (exact) mass is 516 g/mol. The first-order valence-corrected chi connectivity index (χ1v) is 12.8. The number of hydrogen-bond acceptors (Lipinski definition) is 5. The standard InChI is InChI=1S/C31H36N2O5/c1-6-21-8-7-9-25-27(19-33-31(21)25)26(22-15-23(35-2)17-24(16-22)36-3)18-30(34)32-13-12-20-10-11-28(37-4)29(14-20)38-5/h7-11,14-17,19,26,33H,6,12-13,18H2,1-5H3,(H,32,34). The van der Waals surface area contributed by atoms with Gasteiger partial charge in [-0.1, -0.05) is 31.2 Å². The first-order valence-electron chi connectivity index (χ1n) is 12.8. The molecular formula is C31H36N2O5. The molecule has 0 aliphatic rings. The molecule has 38 heavy (non-hydrogen) atoms. The number of aromatic amines is 1. The zero-order valence-electron chi connectivity index (χ0n) is 22.7. The summed E-state index contributed by atoms with van der Waals surface area (Å²) in [7, 11) is 6.50. The minimum atomic E-state index is -0.194. The number of aryl methyl sites for hydroxylation is 1. The molecule has 1 aromatic heterocycles. The van der Waals surface area contributed by atoms with Crippen LogP contribution in [0.2, 0.25) is 0 Å². The highest BCUT2D eigenvalue weighted by atomic mass is 16.5. The Hall–Kier alpha value is -4.13. The maximum absolute atomic E-state index is 13.3. The number of para-hydroxylation sites is 1. The maximum Gasteiger partial charge on any atom is 0.220 e. The van der Waals surface area contributed by atoms with E-state index in [1.165, 1.54) is 5.56 Å². The van der Waals surface area contributed by atoms with Crippen molar-refractivity contribution in [1.82, 2.24) is 10.3 Å². The van der Waals surface area contributed by atoms with E-state index < -0.39 is 0 Å². The molecule has 0 aliphatic carbocycles. The number of H-pyrrole nitrogens is 1. The van der Waals surface area contributed by atoms with E-state index in [0.29, 0.717) is 36.0 Å². The van der Waals surface area contributed by atoms with E-state index in [1.807, 2.05) is 42.6 Å². The minimum Gasteiger partial charge on any atom is -0.497 e. The van der Waals surface area contributed by atoms with E-state index in [4.69, 9.17) is 18.9 Å². The highest BCUT2D eigenvalue weighted by molar-refractivity contribution is 5.88. The molecule has 0 bridgehead atoms. The molecule has 1 atom stereocenters. The van der Waals surface area contributed by atoms with Crippen molar-refractivity contribution in [3.8, 4) is 23.0 Å². The van der Waals surface area contributed by atoms with E-state index in [1.54, 1.807) is 28.4 Å². The van der Waals surface area contributed by atoms with E-state index in [0.717, 1.165) is 34.0 Å². The lowest BCUT2D eigenvalue weighted by Gasteiger charge is -2.19. The van der Waals surface area contributed by atoms with Crippen LogP contribution < -0.4 is 24.3 Å². The van der Waals surface area contributed by atoms with E-state index in [2.05, 4.69) is 35.4 Å². The fourth-order valence-electron chi connectivity index (χ4n) is 4.90. The van der Waals surface area contributed by atoms with E-state index in [9.17, 15) is 4.79 Å². The highest BCUT2D eigenvalue weighted by Gasteiger charge is 2.23. The van der Waals surface area contributed by atoms with Crippen LogP contribution in [0.1, 0.15) is 41.5 Å². The Labute approximate surface area is 224 Å². The van der Waals surface area contributed by atoms with Gasteiger partial charge < -0.3 is 29.2 Å². The first-order chi connectivity index (χ1) is 18.5. The summed E-state index contributed by atoms with van der Waals surface area (Å²) in [6, 6.07) is 17.9. The molecule has 0 spiro atoms. The second kappa shape index (κ2) is 12.4. The molecule has 7 heteroatoms. The topological polar surface area (TPSA) is 81.8 Å². The van der Waals surface area contributed by atoms with Gasteiger partial charge >= 0.3 is 0 Å². The number of ether oxygens (including phenoxy) is 4. The normalized spacial score (nSPS) is 11.7. The lowest BCUT2D eigenvalue weighted by Crippen LogP contribution is -2.27. The van der Waals surface area contributed by atoms with Gasteiger partial charge in [0.15, 0.2) is 11.5 Å². The van der Waals surface area contributed by atoms with Gasteiger partial charge in [0.2, 0.25) is 5.91 Å². The van der Waals surface area contributed by atoms with Gasteiger partial charge in [0.25, 0.3) is 0 Å². The quantitative estimate of drug-likeness (QED) is 0.254. The third-order valence-corrected chi connectivity index (χ3v) is 6.94. The van der Waals surface area contributed by atoms with Crippen molar-refractivity contribution in [3.63, 3.8) is 0 Å². The summed E-state index contributed by atoms with van der Waals surface area (Å²) in [5.74, 6) is 2.51. The maximum atomic E-state index is 13.3. The minimum absolute atomic E-state index is 0.0294. The van der Waals surface area contributed by atoms with Crippen molar-refractivity contribution in [2.45, 2.75) is 32.1 Å². The molecule has 0 saturated carbocycles. The molecule has 1 amide bonds. The third kappa shape index (κ3) is 5.88. The molecule has 200 valence electrons. The number of hydrogen-bond donors (Lipinski definition) is 2. The smallest absolute Gasteiger partial charge is 0.220 e. The zero-order valence-corrected chi connectivity index (χ0v) is 22.7. The van der Waals surface area contributed by atoms with Crippen LogP contribution in [0, 0.1) is 0 Å². The van der Waals surface area contributed by atoms with Gasteiger partial charge in [-0.25, -0.2) is 0 Å². The summed E-state index contributed by atoms with van der Waals surface area (Å²) in [5.41, 5.74) is 5.44. The predicted octanol–water partition coefficient (Wildman–Crippen LogP) is 5.65. The number of rotatable bonds is 12. The van der Waals surface area contributed by atoms with Gasteiger partial charge in [-0.15, -0.1) is 0 Å². The Bertz CT molecular complexity index is 1370. The van der Waals surface area contributed by atoms with Crippen molar-refractivity contribution in [2.24, 2.45) is 0 Å². The first kappa shape index (κ1) is 26.9. The van der Waals surface area contributed by atoms with Gasteiger partial charge in [-0.2, -0.15) is 0 Å². The SMILES string of the molecule is CCc1cccc2c(C(CC(=O)NCCc3ccc(OC)c(OC)c3)c3cc(OC)cc(OC)c3)c[nH]c12. The van der Waals surface area contributed by atoms with Crippen LogP contribution in [0.25, 0.3) is 10.9 Å². The van der Waals surface area contributed by atoms with Gasteiger partial charge in [0.1, 0.15) is 11.5 Å². The number of fused-ring (bicyclic) bond motifs is 1. The largest absolute Gasteiger partial charge is 0.497 e. The summed E-state index contributed by atoms with van der Waals surface area (Å²) in [6.45, 7) is 2.65. The van der Waals surface area contributed by atoms with Crippen LogP contribution in [-0.2, 0) is 17.6 Å². The fraction of sp³-hybridized carbons (Fsp3) is 0.323. The molecule has 4 aromatic rings. The molecule has 1 heterocycles. The van der Waals surface area contributed by atoms with Crippen molar-refractivity contribution in [2.75, 3.05) is 35.0 Å². The number of carbonyl (C=O) groups is 1. The average Bonchev–Trinajstić information content (AvgIpc) is 3.39. The van der Waals surface area contributed by atoms with Crippen LogP contribution in [0.15, 0.2) is 60.8 Å². The summed E-state index contributed by atoms with van der Waals surface area (Å²) in [4.78, 5) is 16.7. The third-order valence-electron chi connectivity index (χ3n) is 6.94. The molecule has 0 saturated heterocycles. The number of methoxy groups -OCH3 is 4. The number of benzene rings is 3. The molecule has 0 aliphatic heterocycles. The number of amides is 1. The van der Waals surface area contributed by atoms with E-state index >= 15 is 0 Å². The Kier molecular flexibility index (Phi) is 8.79. The Morgan fingerprint density at radius 1 is 0.895 bits per heavy atom. The Morgan fingerprint density at radius 3 is 2.29 bits per heavy atom. The van der Waals surface area contributed by atoms with Crippen molar-refractivity contribution < 1.29 is 23.7 Å². The second-order valence-corrected chi connectivity index (χ2v) is 9.13. The van der Waals surface area contributed by atoms with Crippen molar-refractivity contribution in [3.05, 3.63) is 83.0 Å². The molecule has 1 unspecified atom stereocenters. The molecule has 3 aromatic carbocycles. The summed E-state index contributed by atoms with van der Waals surface area (Å²) < 4.78 is 21.8. The lowest BCUT2D eigenvalue weighted by atomic mass is 9.87. The highest BCUT2D eigenvalue weighted by Crippen LogP contribution is 2.37. The van der Waals surface area contributed by atoms with Crippen LogP contribution >= 0.6 is 0 Å². The Morgan fingerprint density at radius 2 is 1.63 bits per heavy atom. The average molecular weight is 517 g/mol. The van der Waals surface area contributed by atoms with Crippen LogP contribution in [-0.4, -0.2) is 45.9 Å². The fourth-order valence-corrected chi connectivity index (χ4v) is 4.90. The molecular weight excluding hydrogens is 480 g/mol. The van der Waals surface area contributed by atoms with Crippen LogP contribution in [0.5, 0.6) is 23.0 Å². The predicted molar refractivity (Wildman–Crippen MR) is 150 cm³/mol. The Balaban J connectivity index is 1.58. The summed E-state index contributed by atoms with van der Waals surface area (Å²) in [6.07, 6.45) is 3.91. The summed E-state index contributed by atoms with van der Waals surface area (Å²) in [5, 5.41) is 4.22. The molecule has 2 N–H and O–H groups in total. The lowest BCUT2D eigenvalue weighted by molar-refractivity contribution is -0.121. The van der Waals surface area contributed by atoms with Crippen LogP contribution in [0.4, 0.5) is 0 Å².